The molecule has 0 unspecified atom stereocenters. The lowest BCUT2D eigenvalue weighted by Crippen LogP contribution is -2.42. The van der Waals surface area contributed by atoms with E-state index in [1.807, 2.05) is 0 Å². The van der Waals surface area contributed by atoms with E-state index < -0.39 is 18.2 Å². The fraction of sp³-hybridized carbons (Fsp3) is 0.300. The lowest BCUT2D eigenvalue weighted by molar-refractivity contribution is -0.274. The quantitative estimate of drug-likeness (QED) is 0.579. The summed E-state index contributed by atoms with van der Waals surface area (Å²) in [6, 6.07) is 9.80. The molecule has 1 aliphatic heterocycles. The minimum absolute atomic E-state index is 0.0784. The maximum Gasteiger partial charge on any atom is 0.573 e. The highest BCUT2D eigenvalue weighted by atomic mass is 19.4. The first-order valence-electron chi connectivity index (χ1n) is 8.93. The molecule has 5 nitrogen and oxygen atoms in total. The Morgan fingerprint density at radius 3 is 2.10 bits per heavy atom. The van der Waals surface area contributed by atoms with E-state index in [4.69, 9.17) is 0 Å². The molecule has 0 spiro atoms. The van der Waals surface area contributed by atoms with Gasteiger partial charge in [-0.2, -0.15) is 0 Å². The molecule has 1 saturated heterocycles. The number of piperidine rings is 1. The van der Waals surface area contributed by atoms with Crippen molar-refractivity contribution in [2.75, 3.05) is 18.4 Å². The van der Waals surface area contributed by atoms with Crippen molar-refractivity contribution in [3.63, 3.8) is 0 Å². The number of anilines is 1. The SMILES string of the molecule is O=C(c1ccc(F)cc1)C1CCN(C(=O)Nc2ccc(OC(F)(F)F)cc2)CC1. The summed E-state index contributed by atoms with van der Waals surface area (Å²) >= 11 is 0. The van der Waals surface area contributed by atoms with Gasteiger partial charge in [0.05, 0.1) is 0 Å². The van der Waals surface area contributed by atoms with E-state index in [0.717, 1.165) is 12.1 Å². The third-order valence-electron chi connectivity index (χ3n) is 4.62. The summed E-state index contributed by atoms with van der Waals surface area (Å²) in [5, 5.41) is 2.61. The Balaban J connectivity index is 1.51. The lowest BCUT2D eigenvalue weighted by atomic mass is 9.89. The number of likely N-dealkylation sites (tertiary alicyclic amines) is 1. The highest BCUT2D eigenvalue weighted by Gasteiger charge is 2.31. The Kier molecular flexibility index (Phi) is 6.05. The molecule has 9 heteroatoms. The van der Waals surface area contributed by atoms with E-state index in [-0.39, 0.29) is 17.5 Å². The zero-order valence-corrected chi connectivity index (χ0v) is 15.2. The second-order valence-electron chi connectivity index (χ2n) is 6.63. The molecule has 1 fully saturated rings. The predicted octanol–water partition coefficient (Wildman–Crippen LogP) is 4.85. The van der Waals surface area contributed by atoms with Crippen LogP contribution in [0.5, 0.6) is 5.75 Å². The Labute approximate surface area is 164 Å². The van der Waals surface area contributed by atoms with Crippen LogP contribution in [0.2, 0.25) is 0 Å². The zero-order chi connectivity index (χ0) is 21.0. The predicted molar refractivity (Wildman–Crippen MR) is 97.2 cm³/mol. The summed E-state index contributed by atoms with van der Waals surface area (Å²) < 4.78 is 53.3. The standard InChI is InChI=1S/C20H18F4N2O3/c21-15-3-1-13(2-4-15)18(27)14-9-11-26(12-10-14)19(28)25-16-5-7-17(8-6-16)29-20(22,23)24/h1-8,14H,9-12H2,(H,25,28). The third-order valence-corrected chi connectivity index (χ3v) is 4.62. The number of rotatable bonds is 4. The van der Waals surface area contributed by atoms with Crippen molar-refractivity contribution in [2.45, 2.75) is 19.2 Å². The summed E-state index contributed by atoms with van der Waals surface area (Å²) in [5.74, 6) is -1.12. The molecule has 0 aromatic heterocycles. The first-order chi connectivity index (χ1) is 13.7. The molecule has 3 rings (SSSR count). The van der Waals surface area contributed by atoms with Gasteiger partial charge in [-0.05, 0) is 61.4 Å². The molecule has 29 heavy (non-hydrogen) atoms. The molecule has 1 N–H and O–H groups in total. The summed E-state index contributed by atoms with van der Waals surface area (Å²) in [7, 11) is 0. The fourth-order valence-corrected chi connectivity index (χ4v) is 3.14. The van der Waals surface area contributed by atoms with Crippen molar-refractivity contribution in [1.29, 1.82) is 0 Å². The van der Waals surface area contributed by atoms with Crippen molar-refractivity contribution in [2.24, 2.45) is 5.92 Å². The van der Waals surface area contributed by atoms with E-state index in [0.29, 0.717) is 37.2 Å². The Bertz CT molecular complexity index is 859. The van der Waals surface area contributed by atoms with Gasteiger partial charge in [0.1, 0.15) is 11.6 Å². The highest BCUT2D eigenvalue weighted by molar-refractivity contribution is 5.98. The molecule has 2 amide bonds. The summed E-state index contributed by atoms with van der Waals surface area (Å²) in [4.78, 5) is 26.4. The van der Waals surface area contributed by atoms with Crippen LogP contribution in [0.1, 0.15) is 23.2 Å². The normalized spacial score (nSPS) is 15.1. The average Bonchev–Trinajstić information content (AvgIpc) is 2.68. The summed E-state index contributed by atoms with van der Waals surface area (Å²) in [6.45, 7) is 0.720. The number of nitrogens with one attached hydrogen (secondary N) is 1. The molecule has 0 bridgehead atoms. The molecule has 1 aliphatic rings. The molecule has 154 valence electrons. The number of benzene rings is 2. The van der Waals surface area contributed by atoms with Gasteiger partial charge >= 0.3 is 12.4 Å². The smallest absolute Gasteiger partial charge is 0.406 e. The molecule has 0 aliphatic carbocycles. The first kappa shape index (κ1) is 20.6. The van der Waals surface area contributed by atoms with Crippen molar-refractivity contribution in [3.8, 4) is 5.75 Å². The Hall–Kier alpha value is -3.10. The molecular weight excluding hydrogens is 392 g/mol. The molecule has 0 saturated carbocycles. The van der Waals surface area contributed by atoms with Gasteiger partial charge in [-0.3, -0.25) is 4.79 Å². The van der Waals surface area contributed by atoms with Crippen LogP contribution < -0.4 is 10.1 Å². The molecular formula is C20H18F4N2O3. The maximum atomic E-state index is 13.0. The van der Waals surface area contributed by atoms with Gasteiger partial charge in [0.15, 0.2) is 5.78 Å². The number of carbonyl (C=O) groups excluding carboxylic acids is 2. The van der Waals surface area contributed by atoms with E-state index in [1.165, 1.54) is 41.3 Å². The topological polar surface area (TPSA) is 58.6 Å². The number of carbonyl (C=O) groups is 2. The number of nitrogens with zero attached hydrogens (tertiary/aromatic N) is 1. The lowest BCUT2D eigenvalue weighted by Gasteiger charge is -2.31. The van der Waals surface area contributed by atoms with Crippen molar-refractivity contribution < 1.29 is 31.9 Å². The van der Waals surface area contributed by atoms with E-state index in [2.05, 4.69) is 10.1 Å². The summed E-state index contributed by atoms with van der Waals surface area (Å²) in [6.07, 6.45) is -3.83. The van der Waals surface area contributed by atoms with Crippen LogP contribution in [0.4, 0.5) is 28.0 Å². The fourth-order valence-electron chi connectivity index (χ4n) is 3.14. The largest absolute Gasteiger partial charge is 0.573 e. The second-order valence-corrected chi connectivity index (χ2v) is 6.63. The van der Waals surface area contributed by atoms with Crippen molar-refractivity contribution in [3.05, 3.63) is 59.9 Å². The first-order valence-corrected chi connectivity index (χ1v) is 8.93. The van der Waals surface area contributed by atoms with Gasteiger partial charge in [-0.1, -0.05) is 0 Å². The Morgan fingerprint density at radius 1 is 0.966 bits per heavy atom. The molecule has 1 heterocycles. The van der Waals surface area contributed by atoms with Gasteiger partial charge in [-0.25, -0.2) is 9.18 Å². The Morgan fingerprint density at radius 2 is 1.55 bits per heavy atom. The number of amides is 2. The van der Waals surface area contributed by atoms with Gasteiger partial charge in [0.2, 0.25) is 0 Å². The van der Waals surface area contributed by atoms with Crippen molar-refractivity contribution >= 4 is 17.5 Å². The molecule has 2 aromatic rings. The molecule has 0 atom stereocenters. The second kappa shape index (κ2) is 8.50. The average molecular weight is 410 g/mol. The van der Waals surface area contributed by atoms with Gasteiger partial charge in [0, 0.05) is 30.3 Å². The van der Waals surface area contributed by atoms with Crippen LogP contribution >= 0.6 is 0 Å². The van der Waals surface area contributed by atoms with Crippen LogP contribution in [0, 0.1) is 11.7 Å². The van der Waals surface area contributed by atoms with E-state index in [1.54, 1.807) is 0 Å². The van der Waals surface area contributed by atoms with Crippen LogP contribution in [0.3, 0.4) is 0 Å². The number of alkyl halides is 3. The number of hydrogen-bond acceptors (Lipinski definition) is 3. The maximum absolute atomic E-state index is 13.0. The monoisotopic (exact) mass is 410 g/mol. The molecule has 0 radical (unpaired) electrons. The number of Topliss-reactive ketones (excluding diaryl/α,β-unsaturated/α-hetero) is 1. The number of hydrogen-bond donors (Lipinski definition) is 1. The van der Waals surface area contributed by atoms with Crippen LogP contribution in [0.15, 0.2) is 48.5 Å². The van der Waals surface area contributed by atoms with E-state index in [9.17, 15) is 27.2 Å². The number of ether oxygens (including phenoxy) is 1. The minimum Gasteiger partial charge on any atom is -0.406 e. The molecule has 2 aromatic carbocycles. The number of ketones is 1. The van der Waals surface area contributed by atoms with Crippen LogP contribution in [0.25, 0.3) is 0 Å². The van der Waals surface area contributed by atoms with Gasteiger partial charge < -0.3 is 15.0 Å². The van der Waals surface area contributed by atoms with Gasteiger partial charge in [-0.15, -0.1) is 13.2 Å². The van der Waals surface area contributed by atoms with Gasteiger partial charge in [0.25, 0.3) is 0 Å². The van der Waals surface area contributed by atoms with Crippen LogP contribution in [-0.4, -0.2) is 36.2 Å². The summed E-state index contributed by atoms with van der Waals surface area (Å²) in [5.41, 5.74) is 0.768. The number of urea groups is 1. The van der Waals surface area contributed by atoms with E-state index >= 15 is 0 Å². The third kappa shape index (κ3) is 5.69. The minimum atomic E-state index is -4.78. The highest BCUT2D eigenvalue weighted by Crippen LogP contribution is 2.25. The van der Waals surface area contributed by atoms with Crippen molar-refractivity contribution in [1.82, 2.24) is 4.90 Å². The van der Waals surface area contributed by atoms with Crippen LogP contribution in [-0.2, 0) is 0 Å². The number of halogens is 4. The zero-order valence-electron chi connectivity index (χ0n) is 15.2.